The van der Waals surface area contributed by atoms with E-state index in [9.17, 15) is 4.79 Å². The molecule has 0 aliphatic carbocycles. The lowest BCUT2D eigenvalue weighted by Gasteiger charge is -2.07. The highest BCUT2D eigenvalue weighted by Gasteiger charge is 2.11. The maximum absolute atomic E-state index is 11.4. The van der Waals surface area contributed by atoms with E-state index in [2.05, 4.69) is 19.7 Å². The van der Waals surface area contributed by atoms with Crippen LogP contribution in [0.25, 0.3) is 22.6 Å². The Kier molecular flexibility index (Phi) is 5.18. The number of nitrogens with zero attached hydrogens (tertiary/aromatic N) is 3. The summed E-state index contributed by atoms with van der Waals surface area (Å²) < 4.78 is 4.67. The Morgan fingerprint density at radius 1 is 1.00 bits per heavy atom. The molecular formula is C18H15N3O2S. The summed E-state index contributed by atoms with van der Waals surface area (Å²) in [5, 5.41) is 0.516. The third kappa shape index (κ3) is 3.97. The van der Waals surface area contributed by atoms with Gasteiger partial charge in [-0.05, 0) is 18.2 Å². The molecule has 0 aliphatic rings. The average molecular weight is 337 g/mol. The fourth-order valence-electron chi connectivity index (χ4n) is 2.07. The number of ether oxygens (including phenoxy) is 1. The van der Waals surface area contributed by atoms with Crippen molar-refractivity contribution in [2.45, 2.75) is 5.16 Å². The van der Waals surface area contributed by atoms with Crippen LogP contribution in [0.5, 0.6) is 0 Å². The Labute approximate surface area is 144 Å². The van der Waals surface area contributed by atoms with Crippen molar-refractivity contribution in [2.75, 3.05) is 12.9 Å². The van der Waals surface area contributed by atoms with Gasteiger partial charge < -0.3 is 4.74 Å². The normalized spacial score (nSPS) is 10.4. The minimum absolute atomic E-state index is 0.163. The highest BCUT2D eigenvalue weighted by Crippen LogP contribution is 2.25. The van der Waals surface area contributed by atoms with Gasteiger partial charge in [0.1, 0.15) is 0 Å². The van der Waals surface area contributed by atoms with Gasteiger partial charge in [-0.25, -0.2) is 9.97 Å². The number of methoxy groups -OCH3 is 1. The van der Waals surface area contributed by atoms with Crippen molar-refractivity contribution < 1.29 is 9.53 Å². The molecule has 24 heavy (non-hydrogen) atoms. The van der Waals surface area contributed by atoms with Gasteiger partial charge in [-0.2, -0.15) is 0 Å². The zero-order valence-corrected chi connectivity index (χ0v) is 13.9. The van der Waals surface area contributed by atoms with Crippen LogP contribution < -0.4 is 0 Å². The summed E-state index contributed by atoms with van der Waals surface area (Å²) in [7, 11) is 1.36. The summed E-state index contributed by atoms with van der Waals surface area (Å²) in [5.74, 6) is -0.149. The molecule has 3 aromatic rings. The van der Waals surface area contributed by atoms with Gasteiger partial charge in [0, 0.05) is 11.8 Å². The molecule has 0 amide bonds. The maximum atomic E-state index is 11.4. The lowest BCUT2D eigenvalue weighted by atomic mass is 10.1. The number of thioether (sulfide) groups is 1. The number of pyridine rings is 1. The lowest BCUT2D eigenvalue weighted by molar-refractivity contribution is -0.137. The molecule has 5 nitrogen and oxygen atoms in total. The molecule has 0 N–H and O–H groups in total. The van der Waals surface area contributed by atoms with Gasteiger partial charge >= 0.3 is 5.97 Å². The topological polar surface area (TPSA) is 65.0 Å². The van der Waals surface area contributed by atoms with Crippen molar-refractivity contribution in [2.24, 2.45) is 0 Å². The van der Waals surface area contributed by atoms with E-state index in [4.69, 9.17) is 0 Å². The number of hydrogen-bond acceptors (Lipinski definition) is 6. The molecule has 120 valence electrons. The van der Waals surface area contributed by atoms with E-state index in [1.54, 1.807) is 6.20 Å². The Morgan fingerprint density at radius 2 is 1.75 bits per heavy atom. The second-order valence-corrected chi connectivity index (χ2v) is 5.81. The first-order valence-corrected chi connectivity index (χ1v) is 8.30. The monoisotopic (exact) mass is 337 g/mol. The molecule has 6 heteroatoms. The minimum atomic E-state index is -0.312. The number of benzene rings is 1. The average Bonchev–Trinajstić information content (AvgIpc) is 2.67. The van der Waals surface area contributed by atoms with Crippen LogP contribution in [0.1, 0.15) is 0 Å². The molecule has 0 saturated heterocycles. The van der Waals surface area contributed by atoms with Crippen molar-refractivity contribution in [3.8, 4) is 22.6 Å². The van der Waals surface area contributed by atoms with Crippen LogP contribution in [0.2, 0.25) is 0 Å². The fourth-order valence-corrected chi connectivity index (χ4v) is 2.76. The van der Waals surface area contributed by atoms with Crippen LogP contribution in [0.15, 0.2) is 66.0 Å². The standard InChI is InChI=1S/C18H15N3O2S/c1-23-17(22)12-24-18-20-15(13-7-3-2-4-8-13)11-16(21-18)14-9-5-6-10-19-14/h2-11H,12H2,1H3. The van der Waals surface area contributed by atoms with Crippen LogP contribution in [-0.2, 0) is 9.53 Å². The van der Waals surface area contributed by atoms with Crippen molar-refractivity contribution in [3.05, 3.63) is 60.8 Å². The molecule has 0 fully saturated rings. The molecule has 1 aromatic carbocycles. The Morgan fingerprint density at radius 3 is 2.46 bits per heavy atom. The zero-order chi connectivity index (χ0) is 16.8. The maximum Gasteiger partial charge on any atom is 0.316 e. The highest BCUT2D eigenvalue weighted by molar-refractivity contribution is 7.99. The van der Waals surface area contributed by atoms with Crippen LogP contribution >= 0.6 is 11.8 Å². The van der Waals surface area contributed by atoms with Gasteiger partial charge in [0.05, 0.1) is 29.9 Å². The number of aromatic nitrogens is 3. The fraction of sp³-hybridized carbons (Fsp3) is 0.111. The van der Waals surface area contributed by atoms with Gasteiger partial charge in [0.15, 0.2) is 5.16 Å². The van der Waals surface area contributed by atoms with Gasteiger partial charge in [-0.3, -0.25) is 9.78 Å². The quantitative estimate of drug-likeness (QED) is 0.403. The summed E-state index contributed by atoms with van der Waals surface area (Å²) in [4.78, 5) is 24.8. The Bertz CT molecular complexity index is 768. The molecule has 0 spiro atoms. The Hall–Kier alpha value is -2.73. The molecule has 0 radical (unpaired) electrons. The molecule has 2 aromatic heterocycles. The SMILES string of the molecule is COC(=O)CSc1nc(-c2ccccc2)cc(-c2ccccn2)n1. The Balaban J connectivity index is 2.01. The van der Waals surface area contributed by atoms with Crippen molar-refractivity contribution >= 4 is 17.7 Å². The minimum Gasteiger partial charge on any atom is -0.468 e. The first kappa shape index (κ1) is 16.1. The number of carbonyl (C=O) groups excluding carboxylic acids is 1. The van der Waals surface area contributed by atoms with E-state index in [0.29, 0.717) is 5.16 Å². The van der Waals surface area contributed by atoms with Crippen LogP contribution in [0, 0.1) is 0 Å². The molecule has 0 saturated carbocycles. The van der Waals surface area contributed by atoms with Crippen molar-refractivity contribution in [3.63, 3.8) is 0 Å². The van der Waals surface area contributed by atoms with Crippen molar-refractivity contribution in [1.82, 2.24) is 15.0 Å². The highest BCUT2D eigenvalue weighted by atomic mass is 32.2. The summed E-state index contributed by atoms with van der Waals surface area (Å²) >= 11 is 1.25. The molecule has 2 heterocycles. The molecule has 0 aliphatic heterocycles. The number of hydrogen-bond donors (Lipinski definition) is 0. The third-order valence-electron chi connectivity index (χ3n) is 3.25. The molecule has 0 unspecified atom stereocenters. The van der Waals surface area contributed by atoms with Gasteiger partial charge in [-0.1, -0.05) is 48.2 Å². The van der Waals surface area contributed by atoms with E-state index in [1.165, 1.54) is 18.9 Å². The molecular weight excluding hydrogens is 322 g/mol. The van der Waals surface area contributed by atoms with Gasteiger partial charge in [-0.15, -0.1) is 0 Å². The first-order valence-electron chi connectivity index (χ1n) is 7.32. The van der Waals surface area contributed by atoms with Crippen LogP contribution in [-0.4, -0.2) is 33.8 Å². The van der Waals surface area contributed by atoms with Gasteiger partial charge in [0.2, 0.25) is 0 Å². The van der Waals surface area contributed by atoms with E-state index >= 15 is 0 Å². The summed E-state index contributed by atoms with van der Waals surface area (Å²) in [5.41, 5.74) is 3.25. The molecule has 0 bridgehead atoms. The largest absolute Gasteiger partial charge is 0.468 e. The summed E-state index contributed by atoms with van der Waals surface area (Å²) in [6.45, 7) is 0. The number of esters is 1. The lowest BCUT2D eigenvalue weighted by Crippen LogP contribution is -2.04. The zero-order valence-electron chi connectivity index (χ0n) is 13.0. The van der Waals surface area contributed by atoms with Gasteiger partial charge in [0.25, 0.3) is 0 Å². The van der Waals surface area contributed by atoms with Crippen LogP contribution in [0.4, 0.5) is 0 Å². The second kappa shape index (κ2) is 7.70. The third-order valence-corrected chi connectivity index (χ3v) is 4.07. The summed E-state index contributed by atoms with van der Waals surface area (Å²) in [6, 6.07) is 17.4. The predicted octanol–water partition coefficient (Wildman–Crippen LogP) is 3.47. The van der Waals surface area contributed by atoms with Crippen LogP contribution in [0.3, 0.4) is 0 Å². The first-order chi connectivity index (χ1) is 11.8. The van der Waals surface area contributed by atoms with E-state index < -0.39 is 0 Å². The van der Waals surface area contributed by atoms with E-state index in [-0.39, 0.29) is 11.7 Å². The summed E-state index contributed by atoms with van der Waals surface area (Å²) in [6.07, 6.45) is 1.72. The predicted molar refractivity (Wildman–Crippen MR) is 93.4 cm³/mol. The molecule has 0 atom stereocenters. The number of carbonyl (C=O) groups is 1. The molecule has 3 rings (SSSR count). The smallest absolute Gasteiger partial charge is 0.316 e. The number of rotatable bonds is 5. The van der Waals surface area contributed by atoms with E-state index in [0.717, 1.165) is 22.6 Å². The van der Waals surface area contributed by atoms with E-state index in [1.807, 2.05) is 54.6 Å². The second-order valence-electron chi connectivity index (χ2n) is 4.87. The van der Waals surface area contributed by atoms with Crippen molar-refractivity contribution in [1.29, 1.82) is 0 Å².